The van der Waals surface area contributed by atoms with E-state index >= 15 is 0 Å². The molecule has 0 aromatic heterocycles. The molecule has 1 saturated heterocycles. The van der Waals surface area contributed by atoms with Gasteiger partial charge in [0.05, 0.1) is 5.75 Å². The van der Waals surface area contributed by atoms with Gasteiger partial charge in [-0.1, -0.05) is 31.9 Å². The van der Waals surface area contributed by atoms with Crippen LogP contribution in [-0.2, 0) is 15.8 Å². The van der Waals surface area contributed by atoms with Crippen LogP contribution in [0.2, 0.25) is 0 Å². The molecular weight excluding hydrogens is 272 g/mol. The Labute approximate surface area is 122 Å². The first-order valence-electron chi connectivity index (χ1n) is 7.37. The molecule has 1 unspecified atom stereocenters. The fourth-order valence-electron chi connectivity index (χ4n) is 2.87. The lowest BCUT2D eigenvalue weighted by Gasteiger charge is -2.34. The molecule has 0 saturated carbocycles. The highest BCUT2D eigenvalue weighted by Gasteiger charge is 2.31. The van der Waals surface area contributed by atoms with E-state index in [2.05, 4.69) is 6.92 Å². The molecule has 1 aromatic carbocycles. The molecule has 0 aliphatic carbocycles. The third-order valence-corrected chi connectivity index (χ3v) is 5.77. The quantitative estimate of drug-likeness (QED) is 0.850. The number of hydrogen-bond acceptors (Lipinski definition) is 3. The SMILES string of the molecule is CCCC1CCCCN1S(=O)(=O)Cc1ccc(N)cc1. The lowest BCUT2D eigenvalue weighted by molar-refractivity contribution is 0.239. The predicted octanol–water partition coefficient (Wildman–Crippen LogP) is 2.75. The van der Waals surface area contributed by atoms with E-state index < -0.39 is 10.0 Å². The Kier molecular flexibility index (Phi) is 5.05. The van der Waals surface area contributed by atoms with E-state index in [4.69, 9.17) is 5.73 Å². The number of rotatable bonds is 5. The number of nitrogens with zero attached hydrogens (tertiary/aromatic N) is 1. The fourth-order valence-corrected chi connectivity index (χ4v) is 4.72. The van der Waals surface area contributed by atoms with Crippen molar-refractivity contribution >= 4 is 15.7 Å². The molecule has 0 amide bonds. The predicted molar refractivity (Wildman–Crippen MR) is 82.7 cm³/mol. The van der Waals surface area contributed by atoms with Crippen molar-refractivity contribution in [2.24, 2.45) is 0 Å². The van der Waals surface area contributed by atoms with Gasteiger partial charge >= 0.3 is 0 Å². The van der Waals surface area contributed by atoms with Crippen LogP contribution in [0.4, 0.5) is 5.69 Å². The summed E-state index contributed by atoms with van der Waals surface area (Å²) < 4.78 is 27.0. The maximum absolute atomic E-state index is 12.6. The molecule has 4 nitrogen and oxygen atoms in total. The number of piperidine rings is 1. The molecular formula is C15H24N2O2S. The number of anilines is 1. The van der Waals surface area contributed by atoms with Crippen molar-refractivity contribution in [3.8, 4) is 0 Å². The van der Waals surface area contributed by atoms with Crippen molar-refractivity contribution in [1.29, 1.82) is 0 Å². The lowest BCUT2D eigenvalue weighted by Crippen LogP contribution is -2.44. The fraction of sp³-hybridized carbons (Fsp3) is 0.600. The number of hydrogen-bond donors (Lipinski definition) is 1. The van der Waals surface area contributed by atoms with Gasteiger partial charge in [0.15, 0.2) is 0 Å². The van der Waals surface area contributed by atoms with Crippen molar-refractivity contribution in [2.45, 2.75) is 50.8 Å². The highest BCUT2D eigenvalue weighted by molar-refractivity contribution is 7.88. The van der Waals surface area contributed by atoms with Crippen LogP contribution in [0, 0.1) is 0 Å². The Balaban J connectivity index is 2.13. The second-order valence-electron chi connectivity index (χ2n) is 5.55. The molecule has 20 heavy (non-hydrogen) atoms. The zero-order valence-corrected chi connectivity index (χ0v) is 12.9. The van der Waals surface area contributed by atoms with Gasteiger partial charge in [-0.05, 0) is 37.0 Å². The minimum Gasteiger partial charge on any atom is -0.399 e. The van der Waals surface area contributed by atoms with Crippen molar-refractivity contribution < 1.29 is 8.42 Å². The van der Waals surface area contributed by atoms with Gasteiger partial charge in [0.25, 0.3) is 0 Å². The molecule has 1 aliphatic rings. The van der Waals surface area contributed by atoms with Crippen LogP contribution in [0.25, 0.3) is 0 Å². The normalized spacial score (nSPS) is 20.9. The Bertz CT molecular complexity index is 523. The van der Waals surface area contributed by atoms with Gasteiger partial charge in [0.2, 0.25) is 10.0 Å². The van der Waals surface area contributed by atoms with Crippen LogP contribution in [-0.4, -0.2) is 25.3 Å². The molecule has 1 aromatic rings. The van der Waals surface area contributed by atoms with Gasteiger partial charge in [0.1, 0.15) is 0 Å². The summed E-state index contributed by atoms with van der Waals surface area (Å²) in [6.07, 6.45) is 5.09. The first-order valence-corrected chi connectivity index (χ1v) is 8.98. The molecule has 1 fully saturated rings. The molecule has 2 rings (SSSR count). The highest BCUT2D eigenvalue weighted by Crippen LogP contribution is 2.25. The minimum atomic E-state index is -3.23. The number of benzene rings is 1. The van der Waals surface area contributed by atoms with Crippen molar-refractivity contribution in [3.63, 3.8) is 0 Å². The monoisotopic (exact) mass is 296 g/mol. The van der Waals surface area contributed by atoms with E-state index in [1.165, 1.54) is 0 Å². The molecule has 1 heterocycles. The Morgan fingerprint density at radius 2 is 1.95 bits per heavy atom. The first-order chi connectivity index (χ1) is 9.53. The first kappa shape index (κ1) is 15.3. The van der Waals surface area contributed by atoms with E-state index in [9.17, 15) is 8.42 Å². The smallest absolute Gasteiger partial charge is 0.218 e. The van der Waals surface area contributed by atoms with Gasteiger partial charge in [-0.2, -0.15) is 4.31 Å². The Morgan fingerprint density at radius 3 is 2.60 bits per heavy atom. The summed E-state index contributed by atoms with van der Waals surface area (Å²) in [6.45, 7) is 2.78. The molecule has 1 aliphatic heterocycles. The maximum Gasteiger partial charge on any atom is 0.218 e. The largest absolute Gasteiger partial charge is 0.399 e. The summed E-state index contributed by atoms with van der Waals surface area (Å²) in [5.74, 6) is 0.0769. The van der Waals surface area contributed by atoms with Gasteiger partial charge < -0.3 is 5.73 Å². The van der Waals surface area contributed by atoms with Gasteiger partial charge in [-0.15, -0.1) is 0 Å². The second kappa shape index (κ2) is 6.59. The van der Waals surface area contributed by atoms with Crippen molar-refractivity contribution in [1.82, 2.24) is 4.31 Å². The van der Waals surface area contributed by atoms with E-state index in [1.807, 2.05) is 0 Å². The zero-order chi connectivity index (χ0) is 14.6. The standard InChI is InChI=1S/C15H24N2O2S/c1-2-5-15-6-3-4-11-17(15)20(18,19)12-13-7-9-14(16)10-8-13/h7-10,15H,2-6,11-12,16H2,1H3. The van der Waals surface area contributed by atoms with Crippen LogP contribution >= 0.6 is 0 Å². The van der Waals surface area contributed by atoms with Gasteiger partial charge in [0, 0.05) is 18.3 Å². The summed E-state index contributed by atoms with van der Waals surface area (Å²) in [5.41, 5.74) is 7.10. The molecule has 0 radical (unpaired) electrons. The van der Waals surface area contributed by atoms with Gasteiger partial charge in [-0.25, -0.2) is 8.42 Å². The summed E-state index contributed by atoms with van der Waals surface area (Å²) in [5, 5.41) is 0. The summed E-state index contributed by atoms with van der Waals surface area (Å²) in [7, 11) is -3.23. The van der Waals surface area contributed by atoms with Crippen LogP contribution in [0.15, 0.2) is 24.3 Å². The summed E-state index contributed by atoms with van der Waals surface area (Å²) >= 11 is 0. The lowest BCUT2D eigenvalue weighted by atomic mass is 10.0. The zero-order valence-electron chi connectivity index (χ0n) is 12.1. The molecule has 112 valence electrons. The number of sulfonamides is 1. The topological polar surface area (TPSA) is 63.4 Å². The number of nitrogen functional groups attached to an aromatic ring is 1. The Morgan fingerprint density at radius 1 is 1.25 bits per heavy atom. The second-order valence-corrected chi connectivity index (χ2v) is 7.47. The van der Waals surface area contributed by atoms with Crippen LogP contribution in [0.5, 0.6) is 0 Å². The van der Waals surface area contributed by atoms with E-state index in [0.717, 1.165) is 37.7 Å². The van der Waals surface area contributed by atoms with E-state index in [0.29, 0.717) is 12.2 Å². The number of nitrogens with two attached hydrogens (primary N) is 1. The molecule has 2 N–H and O–H groups in total. The van der Waals surface area contributed by atoms with Gasteiger partial charge in [-0.3, -0.25) is 0 Å². The van der Waals surface area contributed by atoms with Crippen LogP contribution in [0.3, 0.4) is 0 Å². The van der Waals surface area contributed by atoms with Crippen LogP contribution < -0.4 is 5.73 Å². The van der Waals surface area contributed by atoms with E-state index in [1.54, 1.807) is 28.6 Å². The average Bonchev–Trinajstić information content (AvgIpc) is 2.42. The molecule has 5 heteroatoms. The third-order valence-electron chi connectivity index (χ3n) is 3.88. The van der Waals surface area contributed by atoms with Crippen molar-refractivity contribution in [2.75, 3.05) is 12.3 Å². The van der Waals surface area contributed by atoms with E-state index in [-0.39, 0.29) is 11.8 Å². The minimum absolute atomic E-state index is 0.0769. The Hall–Kier alpha value is -1.07. The van der Waals surface area contributed by atoms with Crippen molar-refractivity contribution in [3.05, 3.63) is 29.8 Å². The molecule has 0 bridgehead atoms. The summed E-state index contributed by atoms with van der Waals surface area (Å²) in [4.78, 5) is 0. The molecule has 1 atom stereocenters. The third kappa shape index (κ3) is 3.73. The summed E-state index contributed by atoms with van der Waals surface area (Å²) in [6, 6.07) is 7.29. The highest BCUT2D eigenvalue weighted by atomic mass is 32.2. The maximum atomic E-state index is 12.6. The van der Waals surface area contributed by atoms with Crippen LogP contribution in [0.1, 0.15) is 44.6 Å². The average molecular weight is 296 g/mol. The molecule has 0 spiro atoms.